The van der Waals surface area contributed by atoms with Crippen molar-refractivity contribution >= 4 is 5.69 Å². The van der Waals surface area contributed by atoms with Crippen LogP contribution in [0.25, 0.3) is 0 Å². The zero-order chi connectivity index (χ0) is 10.1. The van der Waals surface area contributed by atoms with Crippen molar-refractivity contribution in [3.8, 4) is 0 Å². The Kier molecular flexibility index (Phi) is 2.46. The lowest BCUT2D eigenvalue weighted by molar-refractivity contribution is 0.640. The van der Waals surface area contributed by atoms with E-state index in [1.54, 1.807) is 0 Å². The number of hydrogen-bond donors (Lipinski definition) is 2. The fraction of sp³-hybridized carbons (Fsp3) is 0.500. The van der Waals surface area contributed by atoms with Gasteiger partial charge in [0.1, 0.15) is 0 Å². The fourth-order valence-corrected chi connectivity index (χ4v) is 2.19. The Balaban J connectivity index is 2.46. The van der Waals surface area contributed by atoms with Crippen molar-refractivity contribution in [1.29, 1.82) is 0 Å². The van der Waals surface area contributed by atoms with Gasteiger partial charge in [-0.05, 0) is 31.2 Å². The number of fused-ring (bicyclic) bond motifs is 1. The van der Waals surface area contributed by atoms with Crippen LogP contribution < -0.4 is 10.6 Å². The van der Waals surface area contributed by atoms with E-state index < -0.39 is 0 Å². The Morgan fingerprint density at radius 1 is 1.50 bits per heavy atom. The Bertz CT molecular complexity index is 333. The van der Waals surface area contributed by atoms with Crippen molar-refractivity contribution in [2.24, 2.45) is 0 Å². The van der Waals surface area contributed by atoms with Crippen molar-refractivity contribution in [3.05, 3.63) is 29.3 Å². The minimum Gasteiger partial charge on any atom is -0.384 e. The highest BCUT2D eigenvalue weighted by atomic mass is 14.9. The van der Waals surface area contributed by atoms with Crippen LogP contribution in [0.4, 0.5) is 5.69 Å². The van der Waals surface area contributed by atoms with Gasteiger partial charge in [0.15, 0.2) is 0 Å². The molecule has 0 fully saturated rings. The van der Waals surface area contributed by atoms with Crippen molar-refractivity contribution in [2.75, 3.05) is 18.9 Å². The summed E-state index contributed by atoms with van der Waals surface area (Å²) < 4.78 is 0. The lowest BCUT2D eigenvalue weighted by Gasteiger charge is -2.16. The van der Waals surface area contributed by atoms with Crippen LogP contribution in [0.5, 0.6) is 0 Å². The van der Waals surface area contributed by atoms with Crippen LogP contribution in [0.2, 0.25) is 0 Å². The molecule has 2 unspecified atom stereocenters. The first-order valence-electron chi connectivity index (χ1n) is 5.28. The lowest BCUT2D eigenvalue weighted by atomic mass is 9.93. The molecule has 76 valence electrons. The average Bonchev–Trinajstić information content (AvgIpc) is 2.59. The van der Waals surface area contributed by atoms with Crippen molar-refractivity contribution < 1.29 is 0 Å². The molecule has 2 N–H and O–H groups in total. The van der Waals surface area contributed by atoms with Gasteiger partial charge < -0.3 is 10.6 Å². The third kappa shape index (κ3) is 1.40. The normalized spacial score (nSPS) is 21.5. The van der Waals surface area contributed by atoms with Gasteiger partial charge in [-0.1, -0.05) is 19.1 Å². The first kappa shape index (κ1) is 9.53. The van der Waals surface area contributed by atoms with Gasteiger partial charge in [0.25, 0.3) is 0 Å². The third-order valence-electron chi connectivity index (χ3n) is 3.13. The van der Waals surface area contributed by atoms with Crippen LogP contribution in [0.15, 0.2) is 18.2 Å². The lowest BCUT2D eigenvalue weighted by Crippen LogP contribution is -2.14. The summed E-state index contributed by atoms with van der Waals surface area (Å²) in [4.78, 5) is 0. The largest absolute Gasteiger partial charge is 0.384 e. The molecule has 0 saturated heterocycles. The van der Waals surface area contributed by atoms with Crippen LogP contribution >= 0.6 is 0 Å². The van der Waals surface area contributed by atoms with Crippen molar-refractivity contribution in [3.63, 3.8) is 0 Å². The quantitative estimate of drug-likeness (QED) is 0.748. The van der Waals surface area contributed by atoms with E-state index in [1.165, 1.54) is 16.8 Å². The molecule has 2 rings (SSSR count). The van der Waals surface area contributed by atoms with Gasteiger partial charge in [-0.15, -0.1) is 0 Å². The molecule has 2 atom stereocenters. The van der Waals surface area contributed by atoms with Crippen molar-refractivity contribution in [1.82, 2.24) is 5.32 Å². The molecule has 0 saturated carbocycles. The molecule has 1 aliphatic rings. The summed E-state index contributed by atoms with van der Waals surface area (Å²) in [6.45, 7) is 5.56. The van der Waals surface area contributed by atoms with Gasteiger partial charge in [0.2, 0.25) is 0 Å². The molecule has 0 bridgehead atoms. The van der Waals surface area contributed by atoms with Crippen LogP contribution in [0, 0.1) is 0 Å². The highest BCUT2D eigenvalue weighted by Crippen LogP contribution is 2.36. The maximum atomic E-state index is 3.44. The molecular formula is C12H18N2. The van der Waals surface area contributed by atoms with Crippen LogP contribution in [0.1, 0.15) is 36.9 Å². The van der Waals surface area contributed by atoms with Gasteiger partial charge >= 0.3 is 0 Å². The zero-order valence-corrected chi connectivity index (χ0v) is 9.09. The number of anilines is 1. The predicted octanol–water partition coefficient (Wildman–Crippen LogP) is 2.50. The highest BCUT2D eigenvalue weighted by molar-refractivity contribution is 5.61. The number of nitrogens with one attached hydrogen (secondary N) is 2. The second kappa shape index (κ2) is 3.62. The molecule has 0 aromatic heterocycles. The molecule has 0 amide bonds. The van der Waals surface area contributed by atoms with E-state index in [-0.39, 0.29) is 0 Å². The van der Waals surface area contributed by atoms with Gasteiger partial charge in [0.05, 0.1) is 0 Å². The number of hydrogen-bond acceptors (Lipinski definition) is 2. The zero-order valence-electron chi connectivity index (χ0n) is 9.09. The Labute approximate surface area is 85.7 Å². The van der Waals surface area contributed by atoms with E-state index in [9.17, 15) is 0 Å². The van der Waals surface area contributed by atoms with E-state index in [0.717, 1.165) is 6.54 Å². The third-order valence-corrected chi connectivity index (χ3v) is 3.13. The van der Waals surface area contributed by atoms with Crippen molar-refractivity contribution in [2.45, 2.75) is 25.8 Å². The highest BCUT2D eigenvalue weighted by Gasteiger charge is 2.22. The minimum absolute atomic E-state index is 0.437. The summed E-state index contributed by atoms with van der Waals surface area (Å²) in [6, 6.07) is 6.97. The van der Waals surface area contributed by atoms with E-state index in [0.29, 0.717) is 12.0 Å². The van der Waals surface area contributed by atoms with Crippen LogP contribution in [-0.4, -0.2) is 13.6 Å². The van der Waals surface area contributed by atoms with Gasteiger partial charge in [-0.25, -0.2) is 0 Å². The molecule has 0 radical (unpaired) electrons. The van der Waals surface area contributed by atoms with Gasteiger partial charge in [-0.2, -0.15) is 0 Å². The SMILES string of the molecule is CNC(C)c1cccc2c1C(C)CN2. The second-order valence-corrected chi connectivity index (χ2v) is 4.10. The van der Waals surface area contributed by atoms with E-state index >= 15 is 0 Å². The molecule has 1 aromatic rings. The summed E-state index contributed by atoms with van der Waals surface area (Å²) in [5.74, 6) is 0.636. The fourth-order valence-electron chi connectivity index (χ4n) is 2.19. The first-order valence-corrected chi connectivity index (χ1v) is 5.28. The Morgan fingerprint density at radius 3 is 3.00 bits per heavy atom. The van der Waals surface area contributed by atoms with Crippen LogP contribution in [-0.2, 0) is 0 Å². The average molecular weight is 190 g/mol. The molecule has 1 aromatic carbocycles. The minimum atomic E-state index is 0.437. The van der Waals surface area contributed by atoms with E-state index in [1.807, 2.05) is 7.05 Å². The molecule has 1 aliphatic heterocycles. The Hall–Kier alpha value is -1.02. The molecular weight excluding hydrogens is 172 g/mol. The number of benzene rings is 1. The second-order valence-electron chi connectivity index (χ2n) is 4.10. The van der Waals surface area contributed by atoms with E-state index in [4.69, 9.17) is 0 Å². The smallest absolute Gasteiger partial charge is 0.0379 e. The maximum absolute atomic E-state index is 3.44. The standard InChI is InChI=1S/C12H18N2/c1-8-7-14-11-6-4-5-10(12(8)11)9(2)13-3/h4-6,8-9,13-14H,7H2,1-3H3. The van der Waals surface area contributed by atoms with Crippen LogP contribution in [0.3, 0.4) is 0 Å². The van der Waals surface area contributed by atoms with Gasteiger partial charge in [-0.3, -0.25) is 0 Å². The maximum Gasteiger partial charge on any atom is 0.0379 e. The predicted molar refractivity (Wildman–Crippen MR) is 60.8 cm³/mol. The summed E-state index contributed by atoms with van der Waals surface area (Å²) in [5, 5.41) is 6.75. The topological polar surface area (TPSA) is 24.1 Å². The number of rotatable bonds is 2. The molecule has 2 heteroatoms. The summed E-state index contributed by atoms with van der Waals surface area (Å²) in [5.41, 5.74) is 4.24. The summed E-state index contributed by atoms with van der Waals surface area (Å²) in [6.07, 6.45) is 0. The molecule has 2 nitrogen and oxygen atoms in total. The van der Waals surface area contributed by atoms with Gasteiger partial charge in [0, 0.05) is 24.2 Å². The summed E-state index contributed by atoms with van der Waals surface area (Å²) >= 11 is 0. The first-order chi connectivity index (χ1) is 6.74. The molecule has 1 heterocycles. The molecule has 0 aliphatic carbocycles. The summed E-state index contributed by atoms with van der Waals surface area (Å²) in [7, 11) is 2.01. The molecule has 0 spiro atoms. The van der Waals surface area contributed by atoms with E-state index in [2.05, 4.69) is 42.7 Å². The Morgan fingerprint density at radius 2 is 2.29 bits per heavy atom. The monoisotopic (exact) mass is 190 g/mol. The molecule has 14 heavy (non-hydrogen) atoms.